The number of nitro benzene ring substituents is 1. The van der Waals surface area contributed by atoms with Gasteiger partial charge in [-0.15, -0.1) is 0 Å². The average molecular weight is 390 g/mol. The van der Waals surface area contributed by atoms with E-state index in [0.717, 1.165) is 32.1 Å². The number of nitrogens with one attached hydrogen (secondary N) is 1. The minimum absolute atomic E-state index is 0.230. The second-order valence-electron chi connectivity index (χ2n) is 5.84. The SMILES string of the molecule is C[C@H]1CN(CCCNc2c(F)cc([N+](=O)[O-])cc2Br)C[C@H](C)O1. The lowest BCUT2D eigenvalue weighted by Crippen LogP contribution is -2.45. The van der Waals surface area contributed by atoms with Gasteiger partial charge in [-0.3, -0.25) is 15.0 Å². The Bertz CT molecular complexity index is 540. The predicted molar refractivity (Wildman–Crippen MR) is 90.3 cm³/mol. The van der Waals surface area contributed by atoms with E-state index in [2.05, 4.69) is 40.0 Å². The second kappa shape index (κ2) is 8.03. The molecule has 0 bridgehead atoms. The number of halogens is 2. The molecule has 0 radical (unpaired) electrons. The molecule has 0 amide bonds. The predicted octanol–water partition coefficient (Wildman–Crippen LogP) is 3.41. The lowest BCUT2D eigenvalue weighted by atomic mass is 10.2. The standard InChI is InChI=1S/C15H21BrFN3O3/c1-10-8-19(9-11(2)23-10)5-3-4-18-15-13(16)6-12(20(21)22)7-14(15)17/h6-7,10-11,18H,3-5,8-9H2,1-2H3/t10-,11-/m0/s1. The molecule has 1 aromatic rings. The highest BCUT2D eigenvalue weighted by Crippen LogP contribution is 2.30. The molecule has 6 nitrogen and oxygen atoms in total. The summed E-state index contributed by atoms with van der Waals surface area (Å²) in [6.45, 7) is 7.42. The normalized spacial score (nSPS) is 22.1. The summed E-state index contributed by atoms with van der Waals surface area (Å²) in [7, 11) is 0. The van der Waals surface area contributed by atoms with Crippen molar-refractivity contribution in [2.45, 2.75) is 32.5 Å². The van der Waals surface area contributed by atoms with Crippen LogP contribution in [0.4, 0.5) is 15.8 Å². The van der Waals surface area contributed by atoms with E-state index in [4.69, 9.17) is 4.74 Å². The monoisotopic (exact) mass is 389 g/mol. The first-order chi connectivity index (χ1) is 10.9. The summed E-state index contributed by atoms with van der Waals surface area (Å²) in [4.78, 5) is 12.4. The van der Waals surface area contributed by atoms with Crippen LogP contribution in [0.2, 0.25) is 0 Å². The Balaban J connectivity index is 1.83. The van der Waals surface area contributed by atoms with Crippen LogP contribution in [-0.2, 0) is 4.74 Å². The first-order valence-corrected chi connectivity index (χ1v) is 8.41. The van der Waals surface area contributed by atoms with Gasteiger partial charge in [-0.2, -0.15) is 0 Å². The van der Waals surface area contributed by atoms with Gasteiger partial charge in [0.25, 0.3) is 5.69 Å². The van der Waals surface area contributed by atoms with E-state index < -0.39 is 10.7 Å². The number of rotatable bonds is 6. The molecular formula is C15H21BrFN3O3. The van der Waals surface area contributed by atoms with E-state index in [1.165, 1.54) is 6.07 Å². The zero-order chi connectivity index (χ0) is 17.0. The Kier molecular flexibility index (Phi) is 6.32. The maximum atomic E-state index is 13.9. The first-order valence-electron chi connectivity index (χ1n) is 7.62. The van der Waals surface area contributed by atoms with Crippen molar-refractivity contribution in [3.05, 3.63) is 32.5 Å². The van der Waals surface area contributed by atoms with Gasteiger partial charge < -0.3 is 10.1 Å². The van der Waals surface area contributed by atoms with E-state index in [0.29, 0.717) is 11.0 Å². The number of hydrogen-bond acceptors (Lipinski definition) is 5. The molecule has 2 rings (SSSR count). The molecule has 0 aromatic heterocycles. The summed E-state index contributed by atoms with van der Waals surface area (Å²) >= 11 is 3.18. The molecule has 1 N–H and O–H groups in total. The highest BCUT2D eigenvalue weighted by Gasteiger charge is 2.21. The molecule has 23 heavy (non-hydrogen) atoms. The number of morpholine rings is 1. The van der Waals surface area contributed by atoms with E-state index >= 15 is 0 Å². The number of nitro groups is 1. The van der Waals surface area contributed by atoms with Crippen molar-refractivity contribution in [1.29, 1.82) is 0 Å². The van der Waals surface area contributed by atoms with Crippen molar-refractivity contribution in [2.75, 3.05) is 31.5 Å². The second-order valence-corrected chi connectivity index (χ2v) is 6.69. The van der Waals surface area contributed by atoms with Gasteiger partial charge in [0.2, 0.25) is 0 Å². The van der Waals surface area contributed by atoms with Crippen molar-refractivity contribution >= 4 is 27.3 Å². The van der Waals surface area contributed by atoms with Crippen LogP contribution in [-0.4, -0.2) is 48.2 Å². The zero-order valence-corrected chi connectivity index (χ0v) is 14.8. The van der Waals surface area contributed by atoms with E-state index in [9.17, 15) is 14.5 Å². The molecule has 8 heteroatoms. The van der Waals surface area contributed by atoms with Crippen LogP contribution in [0, 0.1) is 15.9 Å². The van der Waals surface area contributed by atoms with Crippen LogP contribution in [0.3, 0.4) is 0 Å². The van der Waals surface area contributed by atoms with Gasteiger partial charge in [-0.25, -0.2) is 4.39 Å². The fourth-order valence-electron chi connectivity index (χ4n) is 2.82. The van der Waals surface area contributed by atoms with Gasteiger partial charge in [0.1, 0.15) is 0 Å². The highest BCUT2D eigenvalue weighted by atomic mass is 79.9. The number of hydrogen-bond donors (Lipinski definition) is 1. The van der Waals surface area contributed by atoms with Crippen molar-refractivity contribution in [1.82, 2.24) is 4.90 Å². The zero-order valence-electron chi connectivity index (χ0n) is 13.2. The third-order valence-electron chi connectivity index (χ3n) is 3.69. The maximum Gasteiger partial charge on any atom is 0.273 e. The van der Waals surface area contributed by atoms with Gasteiger partial charge in [0, 0.05) is 32.2 Å². The Morgan fingerprint density at radius 2 is 2.09 bits per heavy atom. The van der Waals surface area contributed by atoms with Crippen molar-refractivity contribution in [3.8, 4) is 0 Å². The van der Waals surface area contributed by atoms with E-state index in [1.54, 1.807) is 0 Å². The van der Waals surface area contributed by atoms with Crippen LogP contribution in [0.25, 0.3) is 0 Å². The summed E-state index contributed by atoms with van der Waals surface area (Å²) in [5.41, 5.74) is -0.00414. The number of benzene rings is 1. The number of anilines is 1. The number of nitrogens with zero attached hydrogens (tertiary/aromatic N) is 2. The van der Waals surface area contributed by atoms with Gasteiger partial charge in [0.05, 0.1) is 33.4 Å². The first kappa shape index (κ1) is 18.1. The summed E-state index contributed by atoms with van der Waals surface area (Å²) in [5, 5.41) is 13.7. The highest BCUT2D eigenvalue weighted by molar-refractivity contribution is 9.10. The molecule has 1 heterocycles. The van der Waals surface area contributed by atoms with Crippen LogP contribution in [0.5, 0.6) is 0 Å². The minimum Gasteiger partial charge on any atom is -0.382 e. The van der Waals surface area contributed by atoms with Crippen molar-refractivity contribution < 1.29 is 14.1 Å². The molecule has 1 aliphatic rings. The van der Waals surface area contributed by atoms with Gasteiger partial charge in [-0.05, 0) is 36.2 Å². The fourth-order valence-corrected chi connectivity index (χ4v) is 3.38. The molecule has 0 unspecified atom stereocenters. The summed E-state index contributed by atoms with van der Waals surface area (Å²) in [6.07, 6.45) is 1.31. The molecule has 0 aliphatic carbocycles. The molecule has 1 saturated heterocycles. The van der Waals surface area contributed by atoms with Gasteiger partial charge in [-0.1, -0.05) is 0 Å². The lowest BCUT2D eigenvalue weighted by molar-refractivity contribution is -0.385. The largest absolute Gasteiger partial charge is 0.382 e. The van der Waals surface area contributed by atoms with Crippen molar-refractivity contribution in [3.63, 3.8) is 0 Å². The smallest absolute Gasteiger partial charge is 0.273 e. The molecule has 1 aromatic carbocycles. The van der Waals surface area contributed by atoms with Crippen LogP contribution in [0.15, 0.2) is 16.6 Å². The summed E-state index contributed by atoms with van der Waals surface area (Å²) in [6, 6.07) is 2.23. The van der Waals surface area contributed by atoms with E-state index in [1.807, 2.05) is 0 Å². The Labute approximate surface area is 143 Å². The topological polar surface area (TPSA) is 67.6 Å². The summed E-state index contributed by atoms with van der Waals surface area (Å²) in [5.74, 6) is -0.625. The van der Waals surface area contributed by atoms with Gasteiger partial charge >= 0.3 is 0 Å². The minimum atomic E-state index is -0.625. The Hall–Kier alpha value is -1.25. The third kappa shape index (κ3) is 5.12. The molecule has 1 aliphatic heterocycles. The number of ether oxygens (including phenoxy) is 1. The van der Waals surface area contributed by atoms with Crippen LogP contribution >= 0.6 is 15.9 Å². The third-order valence-corrected chi connectivity index (χ3v) is 4.31. The maximum absolute atomic E-state index is 13.9. The Morgan fingerprint density at radius 3 is 2.65 bits per heavy atom. The number of non-ortho nitro benzene ring substituents is 1. The van der Waals surface area contributed by atoms with Crippen LogP contribution < -0.4 is 5.32 Å². The molecule has 2 atom stereocenters. The fraction of sp³-hybridized carbons (Fsp3) is 0.600. The van der Waals surface area contributed by atoms with Crippen molar-refractivity contribution in [2.24, 2.45) is 0 Å². The quantitative estimate of drug-likeness (QED) is 0.458. The summed E-state index contributed by atoms with van der Waals surface area (Å²) < 4.78 is 20.0. The average Bonchev–Trinajstić information content (AvgIpc) is 2.44. The molecule has 128 valence electrons. The molecule has 0 spiro atoms. The van der Waals surface area contributed by atoms with Crippen LogP contribution in [0.1, 0.15) is 20.3 Å². The molecule has 0 saturated carbocycles. The molecule has 1 fully saturated rings. The Morgan fingerprint density at radius 1 is 1.43 bits per heavy atom. The lowest BCUT2D eigenvalue weighted by Gasteiger charge is -2.35. The van der Waals surface area contributed by atoms with E-state index in [-0.39, 0.29) is 23.6 Å². The molecular weight excluding hydrogens is 369 g/mol. The van der Waals surface area contributed by atoms with Gasteiger partial charge in [0.15, 0.2) is 5.82 Å².